The van der Waals surface area contributed by atoms with Crippen LogP contribution < -0.4 is 14.8 Å². The highest BCUT2D eigenvalue weighted by atomic mass is 35.5. The number of hydrogen-bond acceptors (Lipinski definition) is 4. The number of aliphatic hydroxyl groups is 1. The second-order valence-electron chi connectivity index (χ2n) is 4.98. The molecular formula is C18H24ClNO3. The average molecular weight is 338 g/mol. The minimum absolute atomic E-state index is 0. The van der Waals surface area contributed by atoms with Crippen LogP contribution in [0.15, 0.2) is 48.5 Å². The van der Waals surface area contributed by atoms with Gasteiger partial charge in [0.05, 0.1) is 19.8 Å². The first-order chi connectivity index (χ1) is 10.7. The van der Waals surface area contributed by atoms with Gasteiger partial charge in [0.2, 0.25) is 0 Å². The van der Waals surface area contributed by atoms with Crippen LogP contribution in [0.5, 0.6) is 11.5 Å². The van der Waals surface area contributed by atoms with Crippen molar-refractivity contribution in [3.05, 3.63) is 59.7 Å². The highest BCUT2D eigenvalue weighted by Crippen LogP contribution is 2.28. The van der Waals surface area contributed by atoms with Gasteiger partial charge in [0.25, 0.3) is 0 Å². The molecule has 2 aromatic carbocycles. The van der Waals surface area contributed by atoms with Gasteiger partial charge in [-0.2, -0.15) is 0 Å². The molecule has 0 aliphatic rings. The van der Waals surface area contributed by atoms with Crippen LogP contribution in [0.1, 0.15) is 24.2 Å². The first kappa shape index (κ1) is 19.3. The summed E-state index contributed by atoms with van der Waals surface area (Å²) in [6.07, 6.45) is -0.509. The molecule has 4 nitrogen and oxygen atoms in total. The molecule has 0 fully saturated rings. The Morgan fingerprint density at radius 1 is 1.09 bits per heavy atom. The molecule has 2 N–H and O–H groups in total. The van der Waals surface area contributed by atoms with Gasteiger partial charge in [-0.1, -0.05) is 36.4 Å². The van der Waals surface area contributed by atoms with Crippen molar-refractivity contribution in [3.8, 4) is 11.5 Å². The summed E-state index contributed by atoms with van der Waals surface area (Å²) in [5, 5.41) is 13.4. The van der Waals surface area contributed by atoms with E-state index < -0.39 is 6.10 Å². The Kier molecular flexibility index (Phi) is 8.48. The molecule has 23 heavy (non-hydrogen) atoms. The molecule has 0 radical (unpaired) electrons. The summed E-state index contributed by atoms with van der Waals surface area (Å²) < 4.78 is 10.8. The van der Waals surface area contributed by atoms with Gasteiger partial charge in [-0.25, -0.2) is 0 Å². The lowest BCUT2D eigenvalue weighted by Crippen LogP contribution is -2.21. The molecule has 0 heterocycles. The van der Waals surface area contributed by atoms with Gasteiger partial charge >= 0.3 is 0 Å². The molecule has 1 atom stereocenters. The normalized spacial score (nSPS) is 11.4. The van der Waals surface area contributed by atoms with E-state index in [4.69, 9.17) is 9.47 Å². The first-order valence-corrected chi connectivity index (χ1v) is 7.48. The molecule has 0 spiro atoms. The molecule has 1 unspecified atom stereocenters. The predicted octanol–water partition coefficient (Wildman–Crippen LogP) is 3.34. The fraction of sp³-hybridized carbons (Fsp3) is 0.333. The Morgan fingerprint density at radius 2 is 1.83 bits per heavy atom. The Balaban J connectivity index is 0.00000264. The van der Waals surface area contributed by atoms with Gasteiger partial charge < -0.3 is 19.9 Å². The lowest BCUT2D eigenvalue weighted by atomic mass is 10.1. The number of nitrogens with one attached hydrogen (secondary N) is 1. The molecule has 2 aromatic rings. The SMILES string of the molecule is CCOc1ccc(CNCC(O)c2ccccc2)cc1OC.Cl. The molecular weight excluding hydrogens is 314 g/mol. The summed E-state index contributed by atoms with van der Waals surface area (Å²) >= 11 is 0. The van der Waals surface area contributed by atoms with Crippen molar-refractivity contribution in [1.82, 2.24) is 5.32 Å². The summed E-state index contributed by atoms with van der Waals surface area (Å²) in [6.45, 7) is 3.71. The quantitative estimate of drug-likeness (QED) is 0.775. The lowest BCUT2D eigenvalue weighted by molar-refractivity contribution is 0.174. The van der Waals surface area contributed by atoms with Crippen molar-refractivity contribution in [2.75, 3.05) is 20.3 Å². The Morgan fingerprint density at radius 3 is 2.48 bits per heavy atom. The zero-order valence-electron chi connectivity index (χ0n) is 13.5. The van der Waals surface area contributed by atoms with Crippen LogP contribution in [-0.2, 0) is 6.54 Å². The average Bonchev–Trinajstić information content (AvgIpc) is 2.57. The number of halogens is 1. The molecule has 126 valence electrons. The van der Waals surface area contributed by atoms with E-state index in [1.165, 1.54) is 0 Å². The molecule has 5 heteroatoms. The van der Waals surface area contributed by atoms with E-state index in [9.17, 15) is 5.11 Å². The highest BCUT2D eigenvalue weighted by Gasteiger charge is 2.08. The maximum Gasteiger partial charge on any atom is 0.161 e. The van der Waals surface area contributed by atoms with Gasteiger partial charge in [0.15, 0.2) is 11.5 Å². The molecule has 0 aromatic heterocycles. The van der Waals surface area contributed by atoms with Crippen LogP contribution in [0.4, 0.5) is 0 Å². The maximum absolute atomic E-state index is 10.1. The minimum atomic E-state index is -0.509. The zero-order valence-corrected chi connectivity index (χ0v) is 14.3. The Labute approximate surface area is 143 Å². The van der Waals surface area contributed by atoms with Crippen molar-refractivity contribution in [3.63, 3.8) is 0 Å². The van der Waals surface area contributed by atoms with E-state index in [0.29, 0.717) is 19.7 Å². The first-order valence-electron chi connectivity index (χ1n) is 7.48. The van der Waals surface area contributed by atoms with Gasteiger partial charge in [-0.3, -0.25) is 0 Å². The molecule has 2 rings (SSSR count). The highest BCUT2D eigenvalue weighted by molar-refractivity contribution is 5.85. The molecule has 0 amide bonds. The number of ether oxygens (including phenoxy) is 2. The lowest BCUT2D eigenvalue weighted by Gasteiger charge is -2.14. The third-order valence-corrected chi connectivity index (χ3v) is 3.38. The van der Waals surface area contributed by atoms with Crippen molar-refractivity contribution in [2.24, 2.45) is 0 Å². The number of hydrogen-bond donors (Lipinski definition) is 2. The third kappa shape index (κ3) is 5.75. The Hall–Kier alpha value is -1.75. The summed E-state index contributed by atoms with van der Waals surface area (Å²) in [5.74, 6) is 1.47. The molecule has 0 aliphatic heterocycles. The standard InChI is InChI=1S/C18H23NO3.ClH/c1-3-22-17-10-9-14(11-18(17)21-2)12-19-13-16(20)15-7-5-4-6-8-15;/h4-11,16,19-20H,3,12-13H2,1-2H3;1H. The molecule has 0 aliphatic carbocycles. The van der Waals surface area contributed by atoms with Crippen LogP contribution in [0.2, 0.25) is 0 Å². The minimum Gasteiger partial charge on any atom is -0.493 e. The van der Waals surface area contributed by atoms with Crippen molar-refractivity contribution in [1.29, 1.82) is 0 Å². The van der Waals surface area contributed by atoms with E-state index in [2.05, 4.69) is 5.32 Å². The van der Waals surface area contributed by atoms with Gasteiger partial charge in [0, 0.05) is 13.1 Å². The Bertz CT molecular complexity index is 578. The topological polar surface area (TPSA) is 50.7 Å². The number of methoxy groups -OCH3 is 1. The fourth-order valence-electron chi connectivity index (χ4n) is 2.24. The summed E-state index contributed by atoms with van der Waals surface area (Å²) in [7, 11) is 1.63. The van der Waals surface area contributed by atoms with Crippen LogP contribution in [0.25, 0.3) is 0 Å². The van der Waals surface area contributed by atoms with E-state index in [0.717, 1.165) is 22.6 Å². The fourth-order valence-corrected chi connectivity index (χ4v) is 2.24. The van der Waals surface area contributed by atoms with Gasteiger partial charge in [-0.05, 0) is 30.2 Å². The van der Waals surface area contributed by atoms with Crippen molar-refractivity contribution < 1.29 is 14.6 Å². The zero-order chi connectivity index (χ0) is 15.8. The smallest absolute Gasteiger partial charge is 0.161 e. The number of aliphatic hydroxyl groups excluding tert-OH is 1. The number of benzene rings is 2. The van der Waals surface area contributed by atoms with E-state index >= 15 is 0 Å². The summed E-state index contributed by atoms with van der Waals surface area (Å²) in [4.78, 5) is 0. The van der Waals surface area contributed by atoms with E-state index in [-0.39, 0.29) is 12.4 Å². The number of rotatable bonds is 8. The van der Waals surface area contributed by atoms with Gasteiger partial charge in [-0.15, -0.1) is 12.4 Å². The van der Waals surface area contributed by atoms with Crippen LogP contribution in [0.3, 0.4) is 0 Å². The summed E-state index contributed by atoms with van der Waals surface area (Å²) in [6, 6.07) is 15.5. The second-order valence-corrected chi connectivity index (χ2v) is 4.98. The monoisotopic (exact) mass is 337 g/mol. The van der Waals surface area contributed by atoms with Crippen LogP contribution in [0, 0.1) is 0 Å². The molecule has 0 saturated carbocycles. The van der Waals surface area contributed by atoms with Crippen molar-refractivity contribution >= 4 is 12.4 Å². The van der Waals surface area contributed by atoms with Crippen LogP contribution in [-0.4, -0.2) is 25.4 Å². The maximum atomic E-state index is 10.1. The van der Waals surface area contributed by atoms with Crippen molar-refractivity contribution in [2.45, 2.75) is 19.6 Å². The molecule has 0 saturated heterocycles. The third-order valence-electron chi connectivity index (χ3n) is 3.38. The van der Waals surface area contributed by atoms with Gasteiger partial charge in [0.1, 0.15) is 0 Å². The molecule has 0 bridgehead atoms. The second kappa shape index (κ2) is 10.1. The predicted molar refractivity (Wildman–Crippen MR) is 94.5 cm³/mol. The van der Waals surface area contributed by atoms with E-state index in [1.807, 2.05) is 55.5 Å². The largest absolute Gasteiger partial charge is 0.493 e. The van der Waals surface area contributed by atoms with E-state index in [1.54, 1.807) is 7.11 Å². The van der Waals surface area contributed by atoms with Crippen LogP contribution >= 0.6 is 12.4 Å². The summed E-state index contributed by atoms with van der Waals surface area (Å²) in [5.41, 5.74) is 2.00.